The van der Waals surface area contributed by atoms with E-state index in [0.717, 1.165) is 25.9 Å². The molecule has 0 N–H and O–H groups in total. The largest absolute Gasteiger partial charge is 0.461 e. The lowest BCUT2D eigenvalue weighted by molar-refractivity contribution is -0.186. The normalized spacial score (nSPS) is 22.1. The van der Waals surface area contributed by atoms with E-state index in [1.54, 1.807) is 12.3 Å². The third kappa shape index (κ3) is 2.59. The molecule has 2 aliphatic rings. The molecule has 7 nitrogen and oxygen atoms in total. The van der Waals surface area contributed by atoms with Crippen molar-refractivity contribution in [2.24, 2.45) is 0 Å². The Morgan fingerprint density at radius 2 is 2.00 bits per heavy atom. The van der Waals surface area contributed by atoms with Crippen molar-refractivity contribution in [3.63, 3.8) is 0 Å². The van der Waals surface area contributed by atoms with Crippen molar-refractivity contribution in [1.29, 1.82) is 0 Å². The molecule has 0 aromatic carbocycles. The Morgan fingerprint density at radius 3 is 2.71 bits per heavy atom. The van der Waals surface area contributed by atoms with E-state index in [2.05, 4.69) is 15.0 Å². The van der Waals surface area contributed by atoms with Crippen molar-refractivity contribution in [2.45, 2.75) is 25.2 Å². The van der Waals surface area contributed by atoms with Crippen LogP contribution in [0.5, 0.6) is 0 Å². The maximum atomic E-state index is 5.72. The minimum Gasteiger partial charge on any atom is -0.461 e. The van der Waals surface area contributed by atoms with E-state index in [-0.39, 0.29) is 5.79 Å². The predicted octanol–water partition coefficient (Wildman–Crippen LogP) is 1.67. The van der Waals surface area contributed by atoms with Crippen LogP contribution in [0.25, 0.3) is 11.6 Å². The zero-order valence-corrected chi connectivity index (χ0v) is 11.7. The number of furan rings is 1. The quantitative estimate of drug-likeness (QED) is 0.851. The molecule has 2 aromatic heterocycles. The zero-order valence-electron chi connectivity index (χ0n) is 11.7. The van der Waals surface area contributed by atoms with Crippen molar-refractivity contribution in [3.8, 4) is 11.6 Å². The maximum Gasteiger partial charge on any atom is 0.241 e. The molecule has 2 aliphatic heterocycles. The van der Waals surface area contributed by atoms with Crippen LogP contribution in [0.3, 0.4) is 0 Å². The first-order valence-corrected chi connectivity index (χ1v) is 7.20. The molecule has 0 aliphatic carbocycles. The van der Waals surface area contributed by atoms with Crippen LogP contribution in [0.1, 0.15) is 18.7 Å². The molecule has 2 aromatic rings. The van der Waals surface area contributed by atoms with Gasteiger partial charge in [0.1, 0.15) is 0 Å². The lowest BCUT2D eigenvalue weighted by Crippen LogP contribution is -2.44. The number of hydrogen-bond acceptors (Lipinski definition) is 7. The van der Waals surface area contributed by atoms with Crippen LogP contribution in [-0.2, 0) is 16.0 Å². The Hall–Kier alpha value is -1.70. The van der Waals surface area contributed by atoms with Gasteiger partial charge in [-0.05, 0) is 12.1 Å². The van der Waals surface area contributed by atoms with Crippen LogP contribution < -0.4 is 0 Å². The Morgan fingerprint density at radius 1 is 1.19 bits per heavy atom. The van der Waals surface area contributed by atoms with E-state index < -0.39 is 0 Å². The van der Waals surface area contributed by atoms with Gasteiger partial charge in [0.2, 0.25) is 11.7 Å². The molecular weight excluding hydrogens is 274 g/mol. The Labute approximate surface area is 121 Å². The van der Waals surface area contributed by atoms with Gasteiger partial charge in [-0.15, -0.1) is 0 Å². The number of likely N-dealkylation sites (tertiary alicyclic amines) is 1. The van der Waals surface area contributed by atoms with Crippen molar-refractivity contribution in [3.05, 3.63) is 24.3 Å². The van der Waals surface area contributed by atoms with E-state index in [1.807, 2.05) is 6.07 Å². The summed E-state index contributed by atoms with van der Waals surface area (Å²) in [4.78, 5) is 6.63. The highest BCUT2D eigenvalue weighted by Crippen LogP contribution is 2.31. The summed E-state index contributed by atoms with van der Waals surface area (Å²) < 4.78 is 22.0. The monoisotopic (exact) mass is 291 g/mol. The fourth-order valence-corrected chi connectivity index (χ4v) is 2.85. The van der Waals surface area contributed by atoms with E-state index in [4.69, 9.17) is 18.4 Å². The Kier molecular flexibility index (Phi) is 3.25. The minimum absolute atomic E-state index is 0.343. The molecule has 0 radical (unpaired) electrons. The van der Waals surface area contributed by atoms with Gasteiger partial charge in [-0.1, -0.05) is 5.16 Å². The molecule has 21 heavy (non-hydrogen) atoms. The first-order valence-electron chi connectivity index (χ1n) is 7.20. The number of ether oxygens (including phenoxy) is 2. The van der Waals surface area contributed by atoms with Gasteiger partial charge >= 0.3 is 0 Å². The van der Waals surface area contributed by atoms with Crippen molar-refractivity contribution in [2.75, 3.05) is 26.3 Å². The van der Waals surface area contributed by atoms with Gasteiger partial charge in [0.15, 0.2) is 11.5 Å². The molecule has 0 bridgehead atoms. The van der Waals surface area contributed by atoms with Crippen LogP contribution in [0.15, 0.2) is 27.3 Å². The number of aromatic nitrogens is 2. The van der Waals surface area contributed by atoms with Crippen molar-refractivity contribution >= 4 is 0 Å². The number of rotatable bonds is 3. The summed E-state index contributed by atoms with van der Waals surface area (Å²) in [7, 11) is 0. The Balaban J connectivity index is 1.37. The summed E-state index contributed by atoms with van der Waals surface area (Å²) in [6, 6.07) is 3.62. The molecule has 112 valence electrons. The first-order chi connectivity index (χ1) is 10.3. The van der Waals surface area contributed by atoms with Gasteiger partial charge in [-0.25, -0.2) is 0 Å². The highest BCUT2D eigenvalue weighted by molar-refractivity contribution is 5.44. The summed E-state index contributed by atoms with van der Waals surface area (Å²) in [5, 5.41) is 3.94. The standard InChI is InChI=1S/C14H17N3O4/c1-2-11(18-7-1)13-15-12(21-16-13)10-17-5-3-14(4-6-17)19-8-9-20-14/h1-2,7H,3-6,8-10H2. The SMILES string of the molecule is c1coc(-c2noc(CN3CCC4(CC3)OCCO4)n2)c1. The van der Waals surface area contributed by atoms with Crippen LogP contribution in [0.2, 0.25) is 0 Å². The lowest BCUT2D eigenvalue weighted by atomic mass is 10.0. The fourth-order valence-electron chi connectivity index (χ4n) is 2.85. The molecule has 0 amide bonds. The van der Waals surface area contributed by atoms with E-state index in [1.165, 1.54) is 0 Å². The molecule has 0 unspecified atom stereocenters. The maximum absolute atomic E-state index is 5.72. The number of hydrogen-bond donors (Lipinski definition) is 0. The van der Waals surface area contributed by atoms with Gasteiger partial charge in [0, 0.05) is 25.9 Å². The van der Waals surface area contributed by atoms with Gasteiger partial charge in [-0.3, -0.25) is 4.90 Å². The first kappa shape index (κ1) is 13.0. The van der Waals surface area contributed by atoms with Gasteiger partial charge in [-0.2, -0.15) is 4.98 Å². The molecule has 4 heterocycles. The molecule has 1 spiro atoms. The third-order valence-electron chi connectivity index (χ3n) is 4.00. The van der Waals surface area contributed by atoms with Crippen LogP contribution in [0.4, 0.5) is 0 Å². The summed E-state index contributed by atoms with van der Waals surface area (Å²) in [5.74, 6) is 1.37. The van der Waals surface area contributed by atoms with E-state index >= 15 is 0 Å². The number of nitrogens with zero attached hydrogens (tertiary/aromatic N) is 3. The molecule has 0 atom stereocenters. The second-order valence-electron chi connectivity index (χ2n) is 5.37. The molecule has 2 saturated heterocycles. The van der Waals surface area contributed by atoms with E-state index in [9.17, 15) is 0 Å². The average molecular weight is 291 g/mol. The molecule has 4 rings (SSSR count). The second kappa shape index (κ2) is 5.25. The highest BCUT2D eigenvalue weighted by Gasteiger charge is 2.39. The van der Waals surface area contributed by atoms with Gasteiger partial charge in [0.25, 0.3) is 0 Å². The van der Waals surface area contributed by atoms with Crippen molar-refractivity contribution < 1.29 is 18.4 Å². The molecule has 7 heteroatoms. The lowest BCUT2D eigenvalue weighted by Gasteiger charge is -2.36. The summed E-state index contributed by atoms with van der Waals surface area (Å²) in [6.45, 7) is 3.85. The molecule has 2 fully saturated rings. The molecule has 0 saturated carbocycles. The zero-order chi connectivity index (χ0) is 14.1. The third-order valence-corrected chi connectivity index (χ3v) is 4.00. The van der Waals surface area contributed by atoms with Gasteiger partial charge < -0.3 is 18.4 Å². The smallest absolute Gasteiger partial charge is 0.241 e. The highest BCUT2D eigenvalue weighted by atomic mass is 16.7. The molecular formula is C14H17N3O4. The second-order valence-corrected chi connectivity index (χ2v) is 5.37. The summed E-state index contributed by atoms with van der Waals surface area (Å²) in [5.41, 5.74) is 0. The number of piperidine rings is 1. The fraction of sp³-hybridized carbons (Fsp3) is 0.571. The van der Waals surface area contributed by atoms with Crippen LogP contribution >= 0.6 is 0 Å². The van der Waals surface area contributed by atoms with E-state index in [0.29, 0.717) is 37.2 Å². The summed E-state index contributed by atoms with van der Waals surface area (Å²) in [6.07, 6.45) is 3.36. The Bertz CT molecular complexity index is 579. The van der Waals surface area contributed by atoms with Gasteiger partial charge in [0.05, 0.1) is 26.0 Å². The van der Waals surface area contributed by atoms with Crippen LogP contribution in [0, 0.1) is 0 Å². The van der Waals surface area contributed by atoms with Crippen molar-refractivity contribution in [1.82, 2.24) is 15.0 Å². The minimum atomic E-state index is -0.343. The summed E-state index contributed by atoms with van der Waals surface area (Å²) >= 11 is 0. The predicted molar refractivity (Wildman–Crippen MR) is 71.1 cm³/mol. The topological polar surface area (TPSA) is 73.8 Å². The average Bonchev–Trinajstić information content (AvgIpc) is 3.23. The van der Waals surface area contributed by atoms with Crippen LogP contribution in [-0.4, -0.2) is 47.1 Å².